The van der Waals surface area contributed by atoms with Gasteiger partial charge in [0, 0.05) is 6.54 Å². The predicted octanol–water partition coefficient (Wildman–Crippen LogP) is 3.50. The zero-order valence-corrected chi connectivity index (χ0v) is 17.9. The average Bonchev–Trinajstić information content (AvgIpc) is 3.06. The minimum Gasteiger partial charge on any atom is -0.497 e. The van der Waals surface area contributed by atoms with Gasteiger partial charge in [0.2, 0.25) is 0 Å². The van der Waals surface area contributed by atoms with Crippen LogP contribution in [0.5, 0.6) is 5.75 Å². The van der Waals surface area contributed by atoms with Crippen LogP contribution in [0.15, 0.2) is 53.4 Å². The molecule has 0 saturated carbocycles. The Morgan fingerprint density at radius 1 is 1.14 bits per heavy atom. The number of ether oxygens (including phenoxy) is 1. The molecular formula is C20H21N3O4S2. The summed E-state index contributed by atoms with van der Waals surface area (Å²) in [5.74, 6) is 0.391. The number of benzene rings is 2. The fourth-order valence-corrected chi connectivity index (χ4v) is 4.70. The molecule has 0 atom stereocenters. The number of nitrogens with one attached hydrogen (secondary N) is 2. The molecule has 0 spiro atoms. The van der Waals surface area contributed by atoms with E-state index in [1.807, 2.05) is 31.2 Å². The lowest BCUT2D eigenvalue weighted by atomic mass is 10.2. The van der Waals surface area contributed by atoms with Crippen molar-refractivity contribution >= 4 is 32.4 Å². The van der Waals surface area contributed by atoms with E-state index in [1.54, 1.807) is 26.2 Å². The Bertz CT molecular complexity index is 1120. The van der Waals surface area contributed by atoms with Crippen molar-refractivity contribution in [1.82, 2.24) is 10.3 Å². The van der Waals surface area contributed by atoms with Crippen LogP contribution in [0.4, 0.5) is 5.13 Å². The van der Waals surface area contributed by atoms with Crippen molar-refractivity contribution < 1.29 is 17.9 Å². The molecule has 1 amide bonds. The molecule has 7 nitrogen and oxygen atoms in total. The molecule has 0 aliphatic heterocycles. The molecular weight excluding hydrogens is 410 g/mol. The quantitative estimate of drug-likeness (QED) is 0.597. The summed E-state index contributed by atoms with van der Waals surface area (Å²) in [6.45, 7) is 3.86. The van der Waals surface area contributed by atoms with E-state index in [2.05, 4.69) is 15.0 Å². The molecule has 0 saturated heterocycles. The highest BCUT2D eigenvalue weighted by Crippen LogP contribution is 2.25. The summed E-state index contributed by atoms with van der Waals surface area (Å²) in [7, 11) is -2.19. The van der Waals surface area contributed by atoms with Crippen LogP contribution in [0.1, 0.15) is 26.5 Å². The molecule has 2 aromatic carbocycles. The second kappa shape index (κ2) is 8.62. The largest absolute Gasteiger partial charge is 0.497 e. The molecule has 1 aromatic heterocycles. The second-order valence-electron chi connectivity index (χ2n) is 6.39. The summed E-state index contributed by atoms with van der Waals surface area (Å²) in [4.78, 5) is 17.2. The summed E-state index contributed by atoms with van der Waals surface area (Å²) in [5, 5.41) is 2.97. The minimum atomic E-state index is -3.77. The Hall–Kier alpha value is -2.91. The molecule has 0 aliphatic carbocycles. The van der Waals surface area contributed by atoms with Gasteiger partial charge >= 0.3 is 0 Å². The molecule has 0 fully saturated rings. The van der Waals surface area contributed by atoms with Crippen molar-refractivity contribution in [2.24, 2.45) is 0 Å². The van der Waals surface area contributed by atoms with Gasteiger partial charge in [0.05, 0.1) is 17.7 Å². The molecule has 3 rings (SSSR count). The monoisotopic (exact) mass is 431 g/mol. The molecule has 2 N–H and O–H groups in total. The van der Waals surface area contributed by atoms with Crippen molar-refractivity contribution in [1.29, 1.82) is 0 Å². The number of carbonyl (C=O) groups excluding carboxylic acids is 1. The first-order valence-electron chi connectivity index (χ1n) is 8.76. The van der Waals surface area contributed by atoms with Gasteiger partial charge in [-0.3, -0.25) is 9.52 Å². The first kappa shape index (κ1) is 20.8. The first-order valence-corrected chi connectivity index (χ1v) is 11.1. The topological polar surface area (TPSA) is 97.4 Å². The van der Waals surface area contributed by atoms with Crippen molar-refractivity contribution in [3.05, 3.63) is 70.2 Å². The number of aryl methyl sites for hydroxylation is 2. The number of hydrogen-bond donors (Lipinski definition) is 2. The van der Waals surface area contributed by atoms with E-state index in [-0.39, 0.29) is 15.9 Å². The van der Waals surface area contributed by atoms with Crippen LogP contribution in [0.3, 0.4) is 0 Å². The average molecular weight is 432 g/mol. The van der Waals surface area contributed by atoms with Crippen molar-refractivity contribution in [2.75, 3.05) is 11.8 Å². The molecule has 29 heavy (non-hydrogen) atoms. The van der Waals surface area contributed by atoms with Crippen LogP contribution >= 0.6 is 11.3 Å². The number of hydrogen-bond acceptors (Lipinski definition) is 6. The van der Waals surface area contributed by atoms with E-state index in [0.717, 1.165) is 22.5 Å². The van der Waals surface area contributed by atoms with Gasteiger partial charge in [0.1, 0.15) is 10.6 Å². The van der Waals surface area contributed by atoms with Crippen LogP contribution < -0.4 is 14.8 Å². The number of amides is 1. The lowest BCUT2D eigenvalue weighted by Gasteiger charge is -2.06. The summed E-state index contributed by atoms with van der Waals surface area (Å²) in [6, 6.07) is 13.9. The van der Waals surface area contributed by atoms with Gasteiger partial charge in [-0.25, -0.2) is 13.4 Å². The molecule has 1 heterocycles. The molecule has 0 radical (unpaired) electrons. The maximum atomic E-state index is 12.5. The normalized spacial score (nSPS) is 11.1. The Kier molecular flexibility index (Phi) is 6.19. The summed E-state index contributed by atoms with van der Waals surface area (Å²) >= 11 is 0.997. The maximum Gasteiger partial charge on any atom is 0.263 e. The number of nitrogens with zero attached hydrogens (tertiary/aromatic N) is 1. The third-order valence-electron chi connectivity index (χ3n) is 4.14. The van der Waals surface area contributed by atoms with Crippen molar-refractivity contribution in [3.63, 3.8) is 0 Å². The number of rotatable bonds is 7. The summed E-state index contributed by atoms with van der Waals surface area (Å²) in [5.41, 5.74) is 2.31. The van der Waals surface area contributed by atoms with Crippen molar-refractivity contribution in [2.45, 2.75) is 25.3 Å². The Morgan fingerprint density at radius 3 is 2.55 bits per heavy atom. The third kappa shape index (κ3) is 5.12. The zero-order valence-electron chi connectivity index (χ0n) is 16.2. The van der Waals surface area contributed by atoms with E-state index in [9.17, 15) is 13.2 Å². The highest BCUT2D eigenvalue weighted by molar-refractivity contribution is 7.93. The number of aromatic nitrogens is 1. The predicted molar refractivity (Wildman–Crippen MR) is 113 cm³/mol. The number of sulfonamides is 1. The van der Waals surface area contributed by atoms with E-state index >= 15 is 0 Å². The van der Waals surface area contributed by atoms with Gasteiger partial charge in [-0.2, -0.15) is 0 Å². The second-order valence-corrected chi connectivity index (χ2v) is 9.07. The van der Waals surface area contributed by atoms with Gasteiger partial charge in [-0.05, 0) is 43.7 Å². The van der Waals surface area contributed by atoms with Crippen LogP contribution in [0.25, 0.3) is 0 Å². The van der Waals surface area contributed by atoms with Crippen LogP contribution in [-0.4, -0.2) is 26.4 Å². The summed E-state index contributed by atoms with van der Waals surface area (Å²) < 4.78 is 32.6. The molecule has 152 valence electrons. The van der Waals surface area contributed by atoms with Gasteiger partial charge in [-0.1, -0.05) is 41.2 Å². The van der Waals surface area contributed by atoms with Crippen LogP contribution in [-0.2, 0) is 16.6 Å². The molecule has 0 bridgehead atoms. The van der Waals surface area contributed by atoms with Gasteiger partial charge in [0.15, 0.2) is 5.13 Å². The minimum absolute atomic E-state index is 0.139. The molecule has 3 aromatic rings. The highest BCUT2D eigenvalue weighted by Gasteiger charge is 2.20. The third-order valence-corrected chi connectivity index (χ3v) is 6.70. The van der Waals surface area contributed by atoms with Gasteiger partial charge < -0.3 is 10.1 Å². The fourth-order valence-electron chi connectivity index (χ4n) is 2.59. The number of methoxy groups -OCH3 is 1. The zero-order chi connectivity index (χ0) is 21.0. The number of carbonyl (C=O) groups is 1. The van der Waals surface area contributed by atoms with Crippen molar-refractivity contribution in [3.8, 4) is 5.75 Å². The Labute approximate surface area is 173 Å². The van der Waals surface area contributed by atoms with E-state index in [0.29, 0.717) is 22.9 Å². The lowest BCUT2D eigenvalue weighted by molar-refractivity contribution is 0.0954. The smallest absolute Gasteiger partial charge is 0.263 e. The summed E-state index contributed by atoms with van der Waals surface area (Å²) in [6.07, 6.45) is 0. The Morgan fingerprint density at radius 2 is 1.86 bits per heavy atom. The van der Waals surface area contributed by atoms with Gasteiger partial charge in [0.25, 0.3) is 15.9 Å². The fraction of sp³-hybridized carbons (Fsp3) is 0.200. The van der Waals surface area contributed by atoms with E-state index in [1.165, 1.54) is 12.1 Å². The first-order chi connectivity index (χ1) is 13.8. The number of thiazole rings is 1. The van der Waals surface area contributed by atoms with Crippen LogP contribution in [0, 0.1) is 13.8 Å². The lowest BCUT2D eigenvalue weighted by Crippen LogP contribution is -2.22. The van der Waals surface area contributed by atoms with E-state index in [4.69, 9.17) is 4.74 Å². The molecule has 9 heteroatoms. The number of anilines is 1. The maximum absolute atomic E-state index is 12.5. The standard InChI is InChI=1S/C20H21N3O4S2/c1-13-7-9-17(10-8-13)29(25,26)23-20-22-14(2)18(28-20)19(24)21-12-15-5-4-6-16(11-15)27-3/h4-11H,12H2,1-3H3,(H,21,24)(H,22,23). The van der Waals surface area contributed by atoms with Gasteiger partial charge in [-0.15, -0.1) is 0 Å². The Balaban J connectivity index is 1.70. The SMILES string of the molecule is COc1cccc(CNC(=O)c2sc(NS(=O)(=O)c3ccc(C)cc3)nc2C)c1. The van der Waals surface area contributed by atoms with Crippen LogP contribution in [0.2, 0.25) is 0 Å². The highest BCUT2D eigenvalue weighted by atomic mass is 32.2. The molecule has 0 aliphatic rings. The van der Waals surface area contributed by atoms with E-state index < -0.39 is 10.0 Å². The molecule has 0 unspecified atom stereocenters.